The Labute approximate surface area is 109 Å². The van der Waals surface area contributed by atoms with Gasteiger partial charge in [-0.05, 0) is 24.3 Å². The van der Waals surface area contributed by atoms with E-state index >= 15 is 0 Å². The minimum absolute atomic E-state index is 0.0371. The molecule has 0 aliphatic rings. The number of nitrogens with one attached hydrogen (secondary N) is 1. The molecule has 0 radical (unpaired) electrons. The molecular formula is C14H12FNO3. The van der Waals surface area contributed by atoms with Gasteiger partial charge in [0, 0.05) is 11.8 Å². The van der Waals surface area contributed by atoms with Crippen molar-refractivity contribution in [2.75, 3.05) is 12.4 Å². The number of hydrogen-bond acceptors (Lipinski definition) is 3. The molecule has 0 fully saturated rings. The van der Waals surface area contributed by atoms with Gasteiger partial charge < -0.3 is 15.2 Å². The lowest BCUT2D eigenvalue weighted by molar-refractivity contribution is 0.102. The first-order valence-electron chi connectivity index (χ1n) is 5.54. The van der Waals surface area contributed by atoms with Crippen molar-refractivity contribution in [3.63, 3.8) is 0 Å². The second kappa shape index (κ2) is 5.39. The summed E-state index contributed by atoms with van der Waals surface area (Å²) >= 11 is 0. The fourth-order valence-corrected chi connectivity index (χ4v) is 1.60. The Kier molecular flexibility index (Phi) is 3.66. The average Bonchev–Trinajstić information content (AvgIpc) is 2.41. The predicted molar refractivity (Wildman–Crippen MR) is 69.0 cm³/mol. The number of amides is 1. The maximum absolute atomic E-state index is 13.2. The largest absolute Gasteiger partial charge is 0.507 e. The summed E-state index contributed by atoms with van der Waals surface area (Å²) in [7, 11) is 1.34. The Morgan fingerprint density at radius 3 is 2.68 bits per heavy atom. The molecule has 1 amide bonds. The molecule has 0 saturated carbocycles. The van der Waals surface area contributed by atoms with Gasteiger partial charge >= 0.3 is 0 Å². The molecule has 2 aromatic carbocycles. The normalized spacial score (nSPS) is 10.0. The first kappa shape index (κ1) is 12.9. The van der Waals surface area contributed by atoms with Gasteiger partial charge in [-0.15, -0.1) is 0 Å². The van der Waals surface area contributed by atoms with Crippen molar-refractivity contribution in [3.8, 4) is 11.5 Å². The molecule has 0 atom stereocenters. The van der Waals surface area contributed by atoms with Crippen LogP contribution in [0.5, 0.6) is 11.5 Å². The topological polar surface area (TPSA) is 58.6 Å². The van der Waals surface area contributed by atoms with Crippen LogP contribution in [0.25, 0.3) is 0 Å². The van der Waals surface area contributed by atoms with Gasteiger partial charge in [0.2, 0.25) is 0 Å². The van der Waals surface area contributed by atoms with E-state index in [0.29, 0.717) is 5.69 Å². The second-order valence-electron chi connectivity index (χ2n) is 3.82. The van der Waals surface area contributed by atoms with E-state index in [-0.39, 0.29) is 17.1 Å². The minimum Gasteiger partial charge on any atom is -0.507 e. The van der Waals surface area contributed by atoms with E-state index in [1.807, 2.05) is 0 Å². The maximum Gasteiger partial charge on any atom is 0.259 e. The number of para-hydroxylation sites is 1. The van der Waals surface area contributed by atoms with Gasteiger partial charge in [-0.1, -0.05) is 12.1 Å². The Balaban J connectivity index is 2.22. The molecule has 0 unspecified atom stereocenters. The van der Waals surface area contributed by atoms with Crippen molar-refractivity contribution < 1.29 is 19.0 Å². The summed E-state index contributed by atoms with van der Waals surface area (Å²) in [5.41, 5.74) is 0.525. The van der Waals surface area contributed by atoms with Crippen LogP contribution in [-0.2, 0) is 0 Å². The fourth-order valence-electron chi connectivity index (χ4n) is 1.60. The van der Waals surface area contributed by atoms with Crippen LogP contribution in [0.4, 0.5) is 10.1 Å². The highest BCUT2D eigenvalue weighted by Crippen LogP contribution is 2.23. The number of aromatic hydroxyl groups is 1. The quantitative estimate of drug-likeness (QED) is 0.893. The molecule has 4 nitrogen and oxygen atoms in total. The van der Waals surface area contributed by atoms with Crippen molar-refractivity contribution in [2.45, 2.75) is 0 Å². The van der Waals surface area contributed by atoms with Crippen LogP contribution in [0.1, 0.15) is 10.4 Å². The van der Waals surface area contributed by atoms with Crippen LogP contribution >= 0.6 is 0 Å². The van der Waals surface area contributed by atoms with Gasteiger partial charge in [-0.2, -0.15) is 0 Å². The van der Waals surface area contributed by atoms with Gasteiger partial charge in [-0.3, -0.25) is 4.79 Å². The number of methoxy groups -OCH3 is 1. The molecule has 0 aliphatic heterocycles. The molecule has 2 rings (SSSR count). The zero-order valence-corrected chi connectivity index (χ0v) is 10.2. The monoisotopic (exact) mass is 261 g/mol. The Morgan fingerprint density at radius 2 is 2.00 bits per heavy atom. The first-order valence-corrected chi connectivity index (χ1v) is 5.54. The lowest BCUT2D eigenvalue weighted by Crippen LogP contribution is -2.12. The summed E-state index contributed by atoms with van der Waals surface area (Å²) in [6.07, 6.45) is 0. The number of hydrogen-bond donors (Lipinski definition) is 2. The lowest BCUT2D eigenvalue weighted by atomic mass is 10.2. The number of rotatable bonds is 3. The van der Waals surface area contributed by atoms with Gasteiger partial charge in [0.15, 0.2) is 11.6 Å². The number of carbonyl (C=O) groups is 1. The first-order chi connectivity index (χ1) is 9.11. The van der Waals surface area contributed by atoms with Crippen molar-refractivity contribution >= 4 is 11.6 Å². The van der Waals surface area contributed by atoms with Crippen LogP contribution in [0.15, 0.2) is 42.5 Å². The fraction of sp³-hybridized carbons (Fsp3) is 0.0714. The van der Waals surface area contributed by atoms with Crippen LogP contribution in [-0.4, -0.2) is 18.1 Å². The standard InChI is InChI=1S/C14H12FNO3/c1-19-13-8-9(6-7-11(13)15)16-14(18)10-4-2-3-5-12(10)17/h2-8,17H,1H3,(H,16,18). The molecule has 19 heavy (non-hydrogen) atoms. The number of anilines is 1. The number of halogens is 1. The van der Waals surface area contributed by atoms with Gasteiger partial charge in [-0.25, -0.2) is 4.39 Å². The van der Waals surface area contributed by atoms with E-state index in [1.54, 1.807) is 12.1 Å². The van der Waals surface area contributed by atoms with Gasteiger partial charge in [0.25, 0.3) is 5.91 Å². The Bertz CT molecular complexity index is 613. The smallest absolute Gasteiger partial charge is 0.259 e. The van der Waals surface area contributed by atoms with Crippen molar-refractivity contribution in [2.24, 2.45) is 0 Å². The maximum atomic E-state index is 13.2. The molecular weight excluding hydrogens is 249 g/mol. The number of phenolic OH excluding ortho intramolecular Hbond substituents is 1. The van der Waals surface area contributed by atoms with E-state index in [9.17, 15) is 14.3 Å². The summed E-state index contributed by atoms with van der Waals surface area (Å²) in [5, 5.41) is 12.1. The summed E-state index contributed by atoms with van der Waals surface area (Å²) in [6, 6.07) is 10.1. The number of ether oxygens (including phenoxy) is 1. The van der Waals surface area contributed by atoms with Crippen molar-refractivity contribution in [1.82, 2.24) is 0 Å². The summed E-state index contributed by atoms with van der Waals surface area (Å²) in [6.45, 7) is 0. The number of carbonyl (C=O) groups excluding carboxylic acids is 1. The Hall–Kier alpha value is -2.56. The highest BCUT2D eigenvalue weighted by Gasteiger charge is 2.11. The molecule has 98 valence electrons. The van der Waals surface area contributed by atoms with Crippen molar-refractivity contribution in [3.05, 3.63) is 53.8 Å². The van der Waals surface area contributed by atoms with E-state index < -0.39 is 11.7 Å². The molecule has 0 aliphatic carbocycles. The molecule has 0 bridgehead atoms. The molecule has 0 aromatic heterocycles. The molecule has 2 N–H and O–H groups in total. The lowest BCUT2D eigenvalue weighted by Gasteiger charge is -2.08. The highest BCUT2D eigenvalue weighted by atomic mass is 19.1. The van der Waals surface area contributed by atoms with E-state index in [4.69, 9.17) is 4.74 Å². The van der Waals surface area contributed by atoms with Crippen LogP contribution in [0.2, 0.25) is 0 Å². The highest BCUT2D eigenvalue weighted by molar-refractivity contribution is 6.06. The van der Waals surface area contributed by atoms with Crippen LogP contribution in [0.3, 0.4) is 0 Å². The molecule has 0 spiro atoms. The van der Waals surface area contributed by atoms with Crippen LogP contribution < -0.4 is 10.1 Å². The van der Waals surface area contributed by atoms with E-state index in [1.165, 1.54) is 37.4 Å². The number of benzene rings is 2. The SMILES string of the molecule is COc1cc(NC(=O)c2ccccc2O)ccc1F. The van der Waals surface area contributed by atoms with Crippen LogP contribution in [0, 0.1) is 5.82 Å². The van der Waals surface area contributed by atoms with E-state index in [2.05, 4.69) is 5.32 Å². The molecule has 5 heteroatoms. The zero-order chi connectivity index (χ0) is 13.8. The van der Waals surface area contributed by atoms with Crippen molar-refractivity contribution in [1.29, 1.82) is 0 Å². The average molecular weight is 261 g/mol. The Morgan fingerprint density at radius 1 is 1.26 bits per heavy atom. The third kappa shape index (κ3) is 2.82. The third-order valence-corrected chi connectivity index (χ3v) is 2.56. The molecule has 0 heterocycles. The summed E-state index contributed by atoms with van der Waals surface area (Å²) in [5.74, 6) is -1.07. The zero-order valence-electron chi connectivity index (χ0n) is 10.2. The third-order valence-electron chi connectivity index (χ3n) is 2.56. The minimum atomic E-state index is -0.511. The summed E-state index contributed by atoms with van der Waals surface area (Å²) in [4.78, 5) is 11.9. The van der Waals surface area contributed by atoms with Gasteiger partial charge in [0.05, 0.1) is 12.7 Å². The van der Waals surface area contributed by atoms with Gasteiger partial charge in [0.1, 0.15) is 5.75 Å². The van der Waals surface area contributed by atoms with E-state index in [0.717, 1.165) is 0 Å². The summed E-state index contributed by atoms with van der Waals surface area (Å²) < 4.78 is 18.0. The second-order valence-corrected chi connectivity index (χ2v) is 3.82. The number of phenols is 1. The molecule has 0 saturated heterocycles. The predicted octanol–water partition coefficient (Wildman–Crippen LogP) is 2.79. The molecule has 2 aromatic rings.